The molecule has 6 aromatic rings. The molecule has 1 aliphatic rings. The van der Waals surface area contributed by atoms with Crippen molar-refractivity contribution in [2.24, 2.45) is 0 Å². The molecule has 0 unspecified atom stereocenters. The fourth-order valence-corrected chi connectivity index (χ4v) is 9.72. The smallest absolute Gasteiger partial charge is 0.421 e. The first kappa shape index (κ1) is 42.9. The molecule has 0 spiro atoms. The molecular weight excluding hydrogens is 853 g/mol. The van der Waals surface area contributed by atoms with Crippen molar-refractivity contribution in [2.45, 2.75) is 36.9 Å². The normalized spacial score (nSPS) is 13.6. The molecule has 1 aliphatic heterocycles. The maximum atomic E-state index is 11.4. The van der Waals surface area contributed by atoms with E-state index < -0.39 is 39.6 Å². The summed E-state index contributed by atoms with van der Waals surface area (Å²) in [6.07, 6.45) is 0. The number of hydrogen-bond acceptors (Lipinski definition) is 7. The fraction of sp³-hybridized carbons (Fsp3) is 0.158. The zero-order valence-corrected chi connectivity index (χ0v) is 32.7. The van der Waals surface area contributed by atoms with Gasteiger partial charge in [0.1, 0.15) is 6.04 Å². The van der Waals surface area contributed by atoms with Crippen LogP contribution in [0.15, 0.2) is 133 Å². The maximum absolute atomic E-state index is 11.4. The molecule has 8 nitrogen and oxygen atoms in total. The summed E-state index contributed by atoms with van der Waals surface area (Å²) in [6.45, 7) is 4.47. The molecule has 0 saturated carbocycles. The second-order valence-electron chi connectivity index (χ2n) is 12.4. The zero-order chi connectivity index (χ0) is 39.8. The Bertz CT molecular complexity index is 2380. The van der Waals surface area contributed by atoms with Gasteiger partial charge in [0.15, 0.2) is 31.5 Å². The number of rotatable bonds is 7. The summed E-state index contributed by atoms with van der Waals surface area (Å²) in [4.78, 5) is 0. The Hall–Kier alpha value is -4.21. The Kier molecular flexibility index (Phi) is 12.8. The van der Waals surface area contributed by atoms with Gasteiger partial charge in [-0.3, -0.25) is 9.05 Å². The number of sulfonamides is 2. The Morgan fingerprint density at radius 1 is 0.554 bits per heavy atom. The molecule has 0 N–H and O–H groups in total. The van der Waals surface area contributed by atoms with Crippen LogP contribution in [-0.2, 0) is 37.1 Å². The van der Waals surface area contributed by atoms with Crippen LogP contribution in [0.5, 0.6) is 11.5 Å². The summed E-state index contributed by atoms with van der Waals surface area (Å²) in [5.41, 5.74) is -7.77. The summed E-state index contributed by atoms with van der Waals surface area (Å²) in [5, 5.41) is 4.71. The minimum atomic E-state index is -6.72. The van der Waals surface area contributed by atoms with Crippen LogP contribution in [0.1, 0.15) is 31.0 Å². The maximum Gasteiger partial charge on any atom is 1.00 e. The van der Waals surface area contributed by atoms with E-state index in [1.54, 1.807) is 0 Å². The molecule has 0 atom stereocenters. The standard InChI is InChI=1S/C36H30NO2P.C2F6NO4S2.Cu/c1-25(2)37(36(28-15-5-3-6-16-28)29-17-7-4-8-18-29)40-38-32-23-21-26-13-9-11-19-30(26)34(32)35-31-20-12-10-14-27(31)22-24-33(35)39-40;3-1(4,5)14(10,11)9-15(12,13)2(6,7)8;/h3-25,36H,1-2H3;;/q;-1;+1/p+1. The minimum Gasteiger partial charge on any atom is -0.421 e. The van der Waals surface area contributed by atoms with Gasteiger partial charge in [0.25, 0.3) is 0 Å². The molecule has 0 amide bonds. The Morgan fingerprint density at radius 2 is 0.911 bits per heavy atom. The monoisotopic (exact) mass is 883 g/mol. The van der Waals surface area contributed by atoms with Gasteiger partial charge < -0.3 is 4.13 Å². The first-order valence-electron chi connectivity index (χ1n) is 16.4. The second-order valence-corrected chi connectivity index (χ2v) is 17.3. The molecule has 0 fully saturated rings. The Balaban J connectivity index is 0.000000322. The number of alkyl halides is 6. The SMILES string of the molecule is CC(C)N(C(c1ccccc1)c1ccccc1)[PH+]1Oc2ccc3ccccc3c2-c2c(ccc3ccccc23)O1.O=S(=O)([N-]S(=O)(=O)C(F)(F)F)C(F)(F)F.[Cu+]. The van der Waals surface area contributed by atoms with Crippen molar-refractivity contribution in [1.29, 1.82) is 0 Å². The molecule has 0 aromatic heterocycles. The summed E-state index contributed by atoms with van der Waals surface area (Å²) in [6, 6.07) is 47.2. The second kappa shape index (κ2) is 16.7. The van der Waals surface area contributed by atoms with Crippen LogP contribution in [0, 0.1) is 0 Å². The van der Waals surface area contributed by atoms with Gasteiger partial charge in [0, 0.05) is 17.2 Å². The van der Waals surface area contributed by atoms with E-state index in [2.05, 4.69) is 152 Å². The number of halogens is 6. The van der Waals surface area contributed by atoms with Gasteiger partial charge in [0.2, 0.25) is 0 Å². The van der Waals surface area contributed by atoms with Gasteiger partial charge >= 0.3 is 36.6 Å². The van der Waals surface area contributed by atoms with Crippen LogP contribution in [0.2, 0.25) is 0 Å². The molecular formula is C38H31CuF6N2O6PS2+. The Morgan fingerprint density at radius 3 is 1.27 bits per heavy atom. The van der Waals surface area contributed by atoms with E-state index in [0.717, 1.165) is 26.8 Å². The molecule has 0 aliphatic carbocycles. The largest absolute Gasteiger partial charge is 1.00 e. The minimum absolute atomic E-state index is 0. The molecule has 0 saturated heterocycles. The van der Waals surface area contributed by atoms with Crippen molar-refractivity contribution in [3.63, 3.8) is 0 Å². The van der Waals surface area contributed by atoms with Crippen molar-refractivity contribution in [2.75, 3.05) is 0 Å². The molecule has 1 heterocycles. The summed E-state index contributed by atoms with van der Waals surface area (Å²) in [7, 11) is -15.5. The van der Waals surface area contributed by atoms with Crippen molar-refractivity contribution >= 4 is 50.1 Å². The quantitative estimate of drug-likeness (QED) is 0.0893. The van der Waals surface area contributed by atoms with Crippen LogP contribution in [0.3, 0.4) is 0 Å². The first-order chi connectivity index (χ1) is 25.9. The van der Waals surface area contributed by atoms with Crippen molar-refractivity contribution in [1.82, 2.24) is 4.67 Å². The summed E-state index contributed by atoms with van der Waals surface area (Å²) >= 11 is 0. The third kappa shape index (κ3) is 8.84. The van der Waals surface area contributed by atoms with E-state index in [1.165, 1.54) is 32.7 Å². The van der Waals surface area contributed by atoms with E-state index in [9.17, 15) is 43.2 Å². The number of nitrogens with zero attached hydrogens (tertiary/aromatic N) is 2. The van der Waals surface area contributed by atoms with E-state index >= 15 is 0 Å². The number of hydrogen-bond donors (Lipinski definition) is 0. The van der Waals surface area contributed by atoms with Gasteiger partial charge in [-0.25, -0.2) is 16.8 Å². The van der Waals surface area contributed by atoms with E-state index in [4.69, 9.17) is 9.05 Å². The predicted molar refractivity (Wildman–Crippen MR) is 201 cm³/mol. The van der Waals surface area contributed by atoms with E-state index in [-0.39, 0.29) is 29.2 Å². The van der Waals surface area contributed by atoms with Gasteiger partial charge in [-0.05, 0) is 58.7 Å². The van der Waals surface area contributed by atoms with Gasteiger partial charge in [0.05, 0.1) is 0 Å². The van der Waals surface area contributed by atoms with Crippen LogP contribution in [0.25, 0.3) is 36.8 Å². The van der Waals surface area contributed by atoms with E-state index in [0.29, 0.717) is 0 Å². The van der Waals surface area contributed by atoms with Crippen molar-refractivity contribution in [3.05, 3.63) is 149 Å². The number of benzene rings is 6. The molecule has 0 bridgehead atoms. The van der Waals surface area contributed by atoms with Crippen LogP contribution >= 0.6 is 8.53 Å². The average molecular weight is 884 g/mol. The van der Waals surface area contributed by atoms with Crippen LogP contribution < -0.4 is 9.05 Å². The van der Waals surface area contributed by atoms with Crippen molar-refractivity contribution in [3.8, 4) is 22.6 Å². The third-order valence-corrected chi connectivity index (χ3v) is 13.2. The predicted octanol–water partition coefficient (Wildman–Crippen LogP) is 10.9. The molecule has 298 valence electrons. The van der Waals surface area contributed by atoms with Gasteiger partial charge in [-0.2, -0.15) is 26.3 Å². The van der Waals surface area contributed by atoms with Gasteiger partial charge in [-0.1, -0.05) is 121 Å². The summed E-state index contributed by atoms with van der Waals surface area (Å²) < 4.78 is 126. The first-order valence-corrected chi connectivity index (χ1v) is 20.6. The fourth-order valence-electron chi connectivity index (χ4n) is 6.12. The molecule has 7 rings (SSSR count). The average Bonchev–Trinajstić information content (AvgIpc) is 3.30. The topological polar surface area (TPSA) is 104 Å². The van der Waals surface area contributed by atoms with Crippen LogP contribution in [-0.4, -0.2) is 38.6 Å². The van der Waals surface area contributed by atoms with Crippen molar-refractivity contribution < 1.29 is 69.3 Å². The molecule has 18 heteroatoms. The van der Waals surface area contributed by atoms with Gasteiger partial charge in [-0.15, -0.1) is 4.67 Å². The zero-order valence-electron chi connectivity index (χ0n) is 29.1. The van der Waals surface area contributed by atoms with Crippen LogP contribution in [0.4, 0.5) is 26.3 Å². The number of fused-ring (bicyclic) bond motifs is 7. The molecule has 6 aromatic carbocycles. The van der Waals surface area contributed by atoms with E-state index in [1.807, 2.05) is 0 Å². The molecule has 56 heavy (non-hydrogen) atoms. The summed E-state index contributed by atoms with van der Waals surface area (Å²) in [5.74, 6) is 1.74. The Labute approximate surface area is 331 Å². The third-order valence-electron chi connectivity index (χ3n) is 8.48. The molecule has 0 radical (unpaired) electrons.